The molecule has 0 spiro atoms. The van der Waals surface area contributed by atoms with E-state index in [1.165, 1.54) is 6.07 Å². The lowest BCUT2D eigenvalue weighted by atomic mass is 10.2. The molecule has 1 N–H and O–H groups in total. The van der Waals surface area contributed by atoms with Crippen LogP contribution in [0, 0.1) is 5.82 Å². The minimum Gasteiger partial charge on any atom is -0.365 e. The van der Waals surface area contributed by atoms with Crippen LogP contribution in [-0.2, 0) is 0 Å². The molecule has 0 bridgehead atoms. The maximum atomic E-state index is 13.3. The lowest BCUT2D eigenvalue weighted by Crippen LogP contribution is -2.50. The number of piperazine rings is 1. The number of nitrogens with zero attached hydrogens (tertiary/aromatic N) is 1. The average Bonchev–Trinajstić information content (AvgIpc) is 2.23. The van der Waals surface area contributed by atoms with Crippen LogP contribution in [0.3, 0.4) is 0 Å². The summed E-state index contributed by atoms with van der Waals surface area (Å²) in [6.07, 6.45) is 0. The molecule has 90 valence electrons. The van der Waals surface area contributed by atoms with Gasteiger partial charge in [0, 0.05) is 25.7 Å². The molecule has 0 saturated carbocycles. The summed E-state index contributed by atoms with van der Waals surface area (Å²) >= 11 is 5.95. The van der Waals surface area contributed by atoms with Crippen molar-refractivity contribution in [2.75, 3.05) is 24.5 Å². The van der Waals surface area contributed by atoms with Crippen LogP contribution in [0.4, 0.5) is 10.1 Å². The number of nitrogens with one attached hydrogen (secondary N) is 1. The molecule has 0 aromatic heterocycles. The molecule has 1 fully saturated rings. The molecule has 2 rings (SSSR count). The molecule has 1 aliphatic heterocycles. The van der Waals surface area contributed by atoms with Gasteiger partial charge in [0.2, 0.25) is 0 Å². The van der Waals surface area contributed by atoms with Crippen molar-refractivity contribution >= 4 is 29.7 Å². The third kappa shape index (κ3) is 2.59. The third-order valence-electron chi connectivity index (χ3n) is 2.74. The fraction of sp³-hybridized carbons (Fsp3) is 0.455. The highest BCUT2D eigenvalue weighted by Gasteiger charge is 2.21. The quantitative estimate of drug-likeness (QED) is 0.839. The summed E-state index contributed by atoms with van der Waals surface area (Å²) in [5, 5.41) is 3.52. The zero-order valence-electron chi connectivity index (χ0n) is 9.04. The van der Waals surface area contributed by atoms with Crippen LogP contribution < -0.4 is 10.2 Å². The van der Waals surface area contributed by atoms with Crippen molar-refractivity contribution in [3.8, 4) is 0 Å². The fourth-order valence-corrected chi connectivity index (χ4v) is 2.15. The van der Waals surface area contributed by atoms with Crippen molar-refractivity contribution in [3.63, 3.8) is 0 Å². The van der Waals surface area contributed by atoms with E-state index in [0.29, 0.717) is 6.04 Å². The topological polar surface area (TPSA) is 15.3 Å². The largest absolute Gasteiger partial charge is 0.365 e. The predicted molar refractivity (Wildman–Crippen MR) is 68.3 cm³/mol. The summed E-state index contributed by atoms with van der Waals surface area (Å²) < 4.78 is 13.3. The van der Waals surface area contributed by atoms with Gasteiger partial charge < -0.3 is 10.2 Å². The number of hydrogen-bond donors (Lipinski definition) is 1. The van der Waals surface area contributed by atoms with Gasteiger partial charge >= 0.3 is 0 Å². The van der Waals surface area contributed by atoms with Crippen molar-refractivity contribution in [1.29, 1.82) is 0 Å². The Hall–Kier alpha value is -0.510. The number of benzene rings is 1. The molecule has 1 saturated heterocycles. The van der Waals surface area contributed by atoms with Gasteiger partial charge in [-0.05, 0) is 19.1 Å². The first-order valence-electron chi connectivity index (χ1n) is 5.11. The Labute approximate surface area is 106 Å². The van der Waals surface area contributed by atoms with Crippen molar-refractivity contribution in [2.24, 2.45) is 0 Å². The number of anilines is 1. The van der Waals surface area contributed by atoms with E-state index in [4.69, 9.17) is 11.6 Å². The van der Waals surface area contributed by atoms with E-state index in [-0.39, 0.29) is 23.2 Å². The fourth-order valence-electron chi connectivity index (χ4n) is 1.91. The standard InChI is InChI=1S/C11H14ClFN2.ClH/c1-8-7-14-5-6-15(8)10-4-2-3-9(13)11(10)12;/h2-4,8,14H,5-7H2,1H3;1H/t8-;/m1./s1. The minimum absolute atomic E-state index is 0. The van der Waals surface area contributed by atoms with Gasteiger partial charge in [0.25, 0.3) is 0 Å². The van der Waals surface area contributed by atoms with Gasteiger partial charge in [0.15, 0.2) is 0 Å². The maximum Gasteiger partial charge on any atom is 0.143 e. The molecule has 2 nitrogen and oxygen atoms in total. The second kappa shape index (κ2) is 5.71. The number of hydrogen-bond acceptors (Lipinski definition) is 2. The normalized spacial score (nSPS) is 20.4. The van der Waals surface area contributed by atoms with E-state index >= 15 is 0 Å². The van der Waals surface area contributed by atoms with Gasteiger partial charge in [0.05, 0.1) is 10.7 Å². The van der Waals surface area contributed by atoms with Crippen molar-refractivity contribution in [1.82, 2.24) is 5.32 Å². The molecular weight excluding hydrogens is 250 g/mol. The second-order valence-electron chi connectivity index (χ2n) is 3.82. The summed E-state index contributed by atoms with van der Waals surface area (Å²) in [7, 11) is 0. The van der Waals surface area contributed by atoms with Crippen LogP contribution in [0.5, 0.6) is 0 Å². The molecule has 0 aliphatic carbocycles. The lowest BCUT2D eigenvalue weighted by Gasteiger charge is -2.36. The summed E-state index contributed by atoms with van der Waals surface area (Å²) in [5.74, 6) is -0.347. The van der Waals surface area contributed by atoms with Gasteiger partial charge in [-0.3, -0.25) is 0 Å². The zero-order chi connectivity index (χ0) is 10.8. The molecule has 1 aliphatic rings. The Balaban J connectivity index is 0.00000128. The monoisotopic (exact) mass is 264 g/mol. The lowest BCUT2D eigenvalue weighted by molar-refractivity contribution is 0.499. The molecule has 0 amide bonds. The summed E-state index contributed by atoms with van der Waals surface area (Å²) in [6.45, 7) is 4.79. The summed E-state index contributed by atoms with van der Waals surface area (Å²) in [4.78, 5) is 2.14. The Morgan fingerprint density at radius 2 is 2.25 bits per heavy atom. The Kier molecular flexibility index (Phi) is 4.84. The first-order valence-corrected chi connectivity index (χ1v) is 5.49. The molecule has 5 heteroatoms. The van der Waals surface area contributed by atoms with E-state index in [2.05, 4.69) is 17.1 Å². The van der Waals surface area contributed by atoms with E-state index in [0.717, 1.165) is 25.3 Å². The smallest absolute Gasteiger partial charge is 0.143 e. The Bertz CT molecular complexity index is 360. The first-order chi connectivity index (χ1) is 7.20. The molecule has 1 aromatic rings. The Morgan fingerprint density at radius 3 is 2.94 bits per heavy atom. The van der Waals surface area contributed by atoms with Gasteiger partial charge in [-0.1, -0.05) is 17.7 Å². The van der Waals surface area contributed by atoms with Crippen LogP contribution in [0.1, 0.15) is 6.92 Å². The van der Waals surface area contributed by atoms with Crippen LogP contribution in [-0.4, -0.2) is 25.7 Å². The SMILES string of the molecule is C[C@@H]1CNCCN1c1cccc(F)c1Cl.Cl. The van der Waals surface area contributed by atoms with Gasteiger partial charge in [-0.15, -0.1) is 12.4 Å². The van der Waals surface area contributed by atoms with Crippen molar-refractivity contribution in [2.45, 2.75) is 13.0 Å². The van der Waals surface area contributed by atoms with Crippen LogP contribution in [0.2, 0.25) is 5.02 Å². The second-order valence-corrected chi connectivity index (χ2v) is 4.20. The highest BCUT2D eigenvalue weighted by molar-refractivity contribution is 6.33. The Morgan fingerprint density at radius 1 is 1.50 bits per heavy atom. The van der Waals surface area contributed by atoms with Gasteiger partial charge in [-0.2, -0.15) is 0 Å². The first kappa shape index (κ1) is 13.6. The molecule has 0 unspecified atom stereocenters. The van der Waals surface area contributed by atoms with E-state index < -0.39 is 0 Å². The molecule has 1 heterocycles. The molecule has 0 radical (unpaired) electrons. The van der Waals surface area contributed by atoms with Crippen LogP contribution in [0.15, 0.2) is 18.2 Å². The number of halogens is 3. The number of rotatable bonds is 1. The predicted octanol–water partition coefficient (Wildman–Crippen LogP) is 2.70. The zero-order valence-corrected chi connectivity index (χ0v) is 10.6. The highest BCUT2D eigenvalue weighted by Crippen LogP contribution is 2.29. The van der Waals surface area contributed by atoms with Gasteiger partial charge in [0.1, 0.15) is 5.82 Å². The van der Waals surface area contributed by atoms with Crippen LogP contribution in [0.25, 0.3) is 0 Å². The minimum atomic E-state index is -0.347. The van der Waals surface area contributed by atoms with E-state index in [9.17, 15) is 4.39 Å². The molecule has 16 heavy (non-hydrogen) atoms. The highest BCUT2D eigenvalue weighted by atomic mass is 35.5. The van der Waals surface area contributed by atoms with Crippen LogP contribution >= 0.6 is 24.0 Å². The van der Waals surface area contributed by atoms with E-state index in [1.807, 2.05) is 6.07 Å². The molecule has 1 atom stereocenters. The van der Waals surface area contributed by atoms with Gasteiger partial charge in [-0.25, -0.2) is 4.39 Å². The van der Waals surface area contributed by atoms with Crippen molar-refractivity contribution < 1.29 is 4.39 Å². The summed E-state index contributed by atoms with van der Waals surface area (Å²) in [6, 6.07) is 5.30. The van der Waals surface area contributed by atoms with E-state index in [1.54, 1.807) is 6.07 Å². The average molecular weight is 265 g/mol. The maximum absolute atomic E-state index is 13.3. The third-order valence-corrected chi connectivity index (χ3v) is 3.12. The molecule has 1 aromatic carbocycles. The summed E-state index contributed by atoms with van der Waals surface area (Å²) in [5.41, 5.74) is 0.797. The van der Waals surface area contributed by atoms with Crippen molar-refractivity contribution in [3.05, 3.63) is 29.0 Å². The molecular formula is C11H15Cl2FN2.